The molecule has 0 unspecified atom stereocenters. The first-order chi connectivity index (χ1) is 9.74. The lowest BCUT2D eigenvalue weighted by molar-refractivity contribution is 1.28. The number of aromatic nitrogens is 1. The highest BCUT2D eigenvalue weighted by molar-refractivity contribution is 6.00. The van der Waals surface area contributed by atoms with E-state index in [9.17, 15) is 0 Å². The van der Waals surface area contributed by atoms with E-state index in [2.05, 4.69) is 53.6 Å². The quantitative estimate of drug-likeness (QED) is 0.538. The Morgan fingerprint density at radius 2 is 1.90 bits per heavy atom. The van der Waals surface area contributed by atoms with Crippen molar-refractivity contribution in [3.63, 3.8) is 0 Å². The number of hydrogen-bond donors (Lipinski definition) is 2. The molecule has 0 radical (unpaired) electrons. The Morgan fingerprint density at radius 1 is 1.05 bits per heavy atom. The Labute approximate surface area is 118 Å². The first-order valence-electron chi connectivity index (χ1n) is 6.67. The second-order valence-electron chi connectivity index (χ2n) is 4.95. The number of nitrogens with one attached hydrogen (secondary N) is 2. The second-order valence-corrected chi connectivity index (χ2v) is 4.95. The molecule has 100 valence electrons. The summed E-state index contributed by atoms with van der Waals surface area (Å²) in [6, 6.07) is 16.4. The van der Waals surface area contributed by atoms with Crippen molar-refractivity contribution in [2.45, 2.75) is 13.8 Å². The topological polar surface area (TPSA) is 40.2 Å². The number of aryl methyl sites for hydroxylation is 2. The van der Waals surface area contributed by atoms with Crippen molar-refractivity contribution < 1.29 is 0 Å². The summed E-state index contributed by atoms with van der Waals surface area (Å²) in [5.74, 6) is 0. The largest absolute Gasteiger partial charge is 0.358 e. The number of aromatic amines is 1. The molecule has 3 heteroatoms. The maximum absolute atomic E-state index is 4.34. The molecule has 3 aromatic rings. The fourth-order valence-corrected chi connectivity index (χ4v) is 2.35. The SMILES string of the molecule is Cc1cccc(N/N=C/c2c(C)[nH]c3ccccc23)c1. The standard InChI is InChI=1S/C17H17N3/c1-12-6-5-7-14(10-12)20-18-11-16-13(2)19-17-9-4-3-8-15(16)17/h3-11,19-20H,1-2H3/b18-11+. The van der Waals surface area contributed by atoms with Gasteiger partial charge in [-0.2, -0.15) is 5.10 Å². The molecule has 0 fully saturated rings. The molecule has 0 aliphatic heterocycles. The summed E-state index contributed by atoms with van der Waals surface area (Å²) in [7, 11) is 0. The third-order valence-electron chi connectivity index (χ3n) is 3.35. The van der Waals surface area contributed by atoms with Crippen LogP contribution in [0.25, 0.3) is 10.9 Å². The first-order valence-corrected chi connectivity index (χ1v) is 6.67. The molecule has 2 aromatic carbocycles. The number of H-pyrrole nitrogens is 1. The molecule has 0 atom stereocenters. The predicted octanol–water partition coefficient (Wildman–Crippen LogP) is 4.23. The van der Waals surface area contributed by atoms with Gasteiger partial charge < -0.3 is 4.98 Å². The second kappa shape index (κ2) is 5.21. The molecule has 3 rings (SSSR count). The van der Waals surface area contributed by atoms with E-state index in [1.807, 2.05) is 30.5 Å². The third kappa shape index (κ3) is 2.43. The van der Waals surface area contributed by atoms with Gasteiger partial charge in [-0.3, -0.25) is 5.43 Å². The van der Waals surface area contributed by atoms with Crippen LogP contribution in [0, 0.1) is 13.8 Å². The minimum absolute atomic E-state index is 0.999. The summed E-state index contributed by atoms with van der Waals surface area (Å²) < 4.78 is 0. The lowest BCUT2D eigenvalue weighted by Gasteiger charge is -2.00. The summed E-state index contributed by atoms with van der Waals surface area (Å²) >= 11 is 0. The van der Waals surface area contributed by atoms with Crippen molar-refractivity contribution in [2.24, 2.45) is 5.10 Å². The minimum Gasteiger partial charge on any atom is -0.358 e. The van der Waals surface area contributed by atoms with Crippen LogP contribution in [-0.4, -0.2) is 11.2 Å². The van der Waals surface area contributed by atoms with Gasteiger partial charge in [-0.25, -0.2) is 0 Å². The molecule has 20 heavy (non-hydrogen) atoms. The summed E-state index contributed by atoms with van der Waals surface area (Å²) in [6.45, 7) is 4.13. The van der Waals surface area contributed by atoms with E-state index < -0.39 is 0 Å². The van der Waals surface area contributed by atoms with Gasteiger partial charge in [-0.1, -0.05) is 30.3 Å². The first kappa shape index (κ1) is 12.5. The van der Waals surface area contributed by atoms with E-state index in [0.29, 0.717) is 0 Å². The number of hydrogen-bond acceptors (Lipinski definition) is 2. The van der Waals surface area contributed by atoms with E-state index in [0.717, 1.165) is 22.5 Å². The maximum Gasteiger partial charge on any atom is 0.0568 e. The predicted molar refractivity (Wildman–Crippen MR) is 85.4 cm³/mol. The summed E-state index contributed by atoms with van der Waals surface area (Å²) in [4.78, 5) is 3.37. The van der Waals surface area contributed by atoms with Crippen LogP contribution >= 0.6 is 0 Å². The number of benzene rings is 2. The summed E-state index contributed by atoms with van der Waals surface area (Å²) in [6.07, 6.45) is 1.87. The normalized spacial score (nSPS) is 11.3. The zero-order chi connectivity index (χ0) is 13.9. The van der Waals surface area contributed by atoms with E-state index in [4.69, 9.17) is 0 Å². The van der Waals surface area contributed by atoms with Gasteiger partial charge >= 0.3 is 0 Å². The van der Waals surface area contributed by atoms with Crippen LogP contribution in [0.15, 0.2) is 53.6 Å². The number of anilines is 1. The molecular formula is C17H17N3. The summed E-state index contributed by atoms with van der Waals surface area (Å²) in [5, 5.41) is 5.54. The van der Waals surface area contributed by atoms with Crippen LogP contribution in [0.4, 0.5) is 5.69 Å². The van der Waals surface area contributed by atoms with E-state index in [1.165, 1.54) is 10.9 Å². The van der Waals surface area contributed by atoms with Crippen LogP contribution in [0.3, 0.4) is 0 Å². The molecular weight excluding hydrogens is 246 g/mol. The van der Waals surface area contributed by atoms with Gasteiger partial charge in [0, 0.05) is 22.2 Å². The van der Waals surface area contributed by atoms with Crippen molar-refractivity contribution in [1.82, 2.24) is 4.98 Å². The fraction of sp³-hybridized carbons (Fsp3) is 0.118. The van der Waals surface area contributed by atoms with Crippen molar-refractivity contribution in [1.29, 1.82) is 0 Å². The third-order valence-corrected chi connectivity index (χ3v) is 3.35. The van der Waals surface area contributed by atoms with Crippen molar-refractivity contribution in [3.05, 3.63) is 65.4 Å². The highest BCUT2D eigenvalue weighted by Crippen LogP contribution is 2.20. The Kier molecular flexibility index (Phi) is 3.25. The molecule has 0 saturated carbocycles. The van der Waals surface area contributed by atoms with Gasteiger partial charge in [0.1, 0.15) is 0 Å². The minimum atomic E-state index is 0.999. The molecule has 0 bridgehead atoms. The fourth-order valence-electron chi connectivity index (χ4n) is 2.35. The highest BCUT2D eigenvalue weighted by Gasteiger charge is 2.04. The lowest BCUT2D eigenvalue weighted by Crippen LogP contribution is -1.91. The molecule has 0 amide bonds. The van der Waals surface area contributed by atoms with Crippen LogP contribution in [0.2, 0.25) is 0 Å². The van der Waals surface area contributed by atoms with Gasteiger partial charge in [0.15, 0.2) is 0 Å². The van der Waals surface area contributed by atoms with Gasteiger partial charge in [0.25, 0.3) is 0 Å². The number of hydrazone groups is 1. The van der Waals surface area contributed by atoms with Crippen molar-refractivity contribution >= 4 is 22.8 Å². The Hall–Kier alpha value is -2.55. The van der Waals surface area contributed by atoms with Crippen LogP contribution in [-0.2, 0) is 0 Å². The van der Waals surface area contributed by atoms with E-state index >= 15 is 0 Å². The van der Waals surface area contributed by atoms with Crippen LogP contribution in [0.5, 0.6) is 0 Å². The van der Waals surface area contributed by atoms with Gasteiger partial charge in [-0.15, -0.1) is 0 Å². The van der Waals surface area contributed by atoms with Gasteiger partial charge in [0.05, 0.1) is 11.9 Å². The molecule has 0 aliphatic rings. The van der Waals surface area contributed by atoms with Crippen molar-refractivity contribution in [3.8, 4) is 0 Å². The van der Waals surface area contributed by atoms with Gasteiger partial charge in [0.2, 0.25) is 0 Å². The Bertz CT molecular complexity index is 769. The summed E-state index contributed by atoms with van der Waals surface area (Å²) in [5.41, 5.74) is 8.68. The lowest BCUT2D eigenvalue weighted by atomic mass is 10.1. The number of para-hydroxylation sites is 1. The van der Waals surface area contributed by atoms with Gasteiger partial charge in [-0.05, 0) is 37.6 Å². The average molecular weight is 263 g/mol. The monoisotopic (exact) mass is 263 g/mol. The number of nitrogens with zero attached hydrogens (tertiary/aromatic N) is 1. The zero-order valence-corrected chi connectivity index (χ0v) is 11.6. The highest BCUT2D eigenvalue weighted by atomic mass is 15.3. The van der Waals surface area contributed by atoms with Crippen LogP contribution in [0.1, 0.15) is 16.8 Å². The molecule has 3 nitrogen and oxygen atoms in total. The molecule has 1 heterocycles. The molecule has 2 N–H and O–H groups in total. The number of rotatable bonds is 3. The number of fused-ring (bicyclic) bond motifs is 1. The molecule has 1 aromatic heterocycles. The van der Waals surface area contributed by atoms with Crippen molar-refractivity contribution in [2.75, 3.05) is 5.43 Å². The zero-order valence-electron chi connectivity index (χ0n) is 11.6. The molecule has 0 aliphatic carbocycles. The Morgan fingerprint density at radius 3 is 2.75 bits per heavy atom. The molecule has 0 saturated heterocycles. The van der Waals surface area contributed by atoms with E-state index in [1.54, 1.807) is 0 Å². The maximum atomic E-state index is 4.34. The Balaban J connectivity index is 1.86. The smallest absolute Gasteiger partial charge is 0.0568 e. The molecule has 0 spiro atoms. The van der Waals surface area contributed by atoms with E-state index in [-0.39, 0.29) is 0 Å². The van der Waals surface area contributed by atoms with Crippen LogP contribution < -0.4 is 5.43 Å². The average Bonchev–Trinajstić information content (AvgIpc) is 2.75.